The Labute approximate surface area is 132 Å². The molecule has 2 aliphatic heterocycles. The van der Waals surface area contributed by atoms with Crippen LogP contribution in [0, 0.1) is 11.3 Å². The van der Waals surface area contributed by atoms with Gasteiger partial charge in [0.25, 0.3) is 5.91 Å². The molecule has 1 aromatic carbocycles. The summed E-state index contributed by atoms with van der Waals surface area (Å²) >= 11 is 0. The lowest BCUT2D eigenvalue weighted by molar-refractivity contribution is -0.157. The number of furan rings is 1. The summed E-state index contributed by atoms with van der Waals surface area (Å²) in [6.45, 7) is 1.42. The molecule has 2 aliphatic rings. The van der Waals surface area contributed by atoms with E-state index in [0.29, 0.717) is 31.8 Å². The van der Waals surface area contributed by atoms with E-state index in [9.17, 15) is 14.7 Å². The van der Waals surface area contributed by atoms with E-state index in [2.05, 4.69) is 0 Å². The summed E-state index contributed by atoms with van der Waals surface area (Å²) in [5.74, 6) is -1.00. The van der Waals surface area contributed by atoms with E-state index in [1.165, 1.54) is 0 Å². The predicted octanol–water partition coefficient (Wildman–Crippen LogP) is 2.00. The number of hydrogen-bond donors (Lipinski definition) is 1. The Balaban J connectivity index is 1.63. The van der Waals surface area contributed by atoms with Gasteiger partial charge >= 0.3 is 5.97 Å². The van der Waals surface area contributed by atoms with Crippen LogP contribution in [0.4, 0.5) is 0 Å². The van der Waals surface area contributed by atoms with E-state index >= 15 is 0 Å². The van der Waals surface area contributed by atoms with Crippen LogP contribution in [-0.4, -0.2) is 48.2 Å². The van der Waals surface area contributed by atoms with Crippen molar-refractivity contribution in [1.29, 1.82) is 0 Å². The molecule has 2 fully saturated rings. The van der Waals surface area contributed by atoms with Gasteiger partial charge in [-0.25, -0.2) is 0 Å². The maximum Gasteiger partial charge on any atom is 0.311 e. The van der Waals surface area contributed by atoms with Crippen LogP contribution in [0.3, 0.4) is 0 Å². The highest BCUT2D eigenvalue weighted by molar-refractivity contribution is 5.96. The highest BCUT2D eigenvalue weighted by Gasteiger charge is 2.55. The van der Waals surface area contributed by atoms with Crippen molar-refractivity contribution in [1.82, 2.24) is 4.90 Å². The van der Waals surface area contributed by atoms with Gasteiger partial charge in [0.05, 0.1) is 12.0 Å². The molecule has 120 valence electrons. The first kappa shape index (κ1) is 14.3. The van der Waals surface area contributed by atoms with Crippen molar-refractivity contribution >= 4 is 22.8 Å². The van der Waals surface area contributed by atoms with E-state index in [1.807, 2.05) is 24.3 Å². The smallest absolute Gasteiger partial charge is 0.311 e. The highest BCUT2D eigenvalue weighted by atomic mass is 16.5. The van der Waals surface area contributed by atoms with Crippen molar-refractivity contribution in [3.63, 3.8) is 0 Å². The van der Waals surface area contributed by atoms with Crippen molar-refractivity contribution in [2.24, 2.45) is 11.3 Å². The summed E-state index contributed by atoms with van der Waals surface area (Å²) in [5.41, 5.74) is -0.233. The van der Waals surface area contributed by atoms with E-state index in [1.54, 1.807) is 11.0 Å². The molecule has 6 nitrogen and oxygen atoms in total. The van der Waals surface area contributed by atoms with Gasteiger partial charge in [-0.1, -0.05) is 18.2 Å². The van der Waals surface area contributed by atoms with Crippen molar-refractivity contribution in [3.8, 4) is 0 Å². The lowest BCUT2D eigenvalue weighted by atomic mass is 9.74. The third kappa shape index (κ3) is 2.13. The first-order valence-corrected chi connectivity index (χ1v) is 7.69. The number of hydrogen-bond acceptors (Lipinski definition) is 4. The zero-order valence-electron chi connectivity index (χ0n) is 12.5. The van der Waals surface area contributed by atoms with Crippen LogP contribution in [-0.2, 0) is 9.53 Å². The number of carboxylic acids is 1. The van der Waals surface area contributed by atoms with Crippen LogP contribution < -0.4 is 0 Å². The fraction of sp³-hybridized carbons (Fsp3) is 0.412. The maximum absolute atomic E-state index is 12.7. The molecule has 6 heteroatoms. The molecule has 0 spiro atoms. The molecular formula is C17H17NO5. The number of para-hydroxylation sites is 1. The molecule has 0 aliphatic carbocycles. The summed E-state index contributed by atoms with van der Waals surface area (Å²) in [6.07, 6.45) is 0.441. The summed E-state index contributed by atoms with van der Waals surface area (Å²) in [6, 6.07) is 9.13. The van der Waals surface area contributed by atoms with Gasteiger partial charge in [-0.3, -0.25) is 9.59 Å². The SMILES string of the molecule is O=C(c1cc2ccccc2o1)N1C[C@H]2COCC[C@@]2(C(=O)O)C1. The molecule has 0 radical (unpaired) electrons. The summed E-state index contributed by atoms with van der Waals surface area (Å²) in [5, 5.41) is 10.5. The number of benzene rings is 1. The van der Waals surface area contributed by atoms with Crippen LogP contribution in [0.25, 0.3) is 11.0 Å². The average molecular weight is 315 g/mol. The van der Waals surface area contributed by atoms with Gasteiger partial charge in [0.2, 0.25) is 0 Å². The summed E-state index contributed by atoms with van der Waals surface area (Å²) < 4.78 is 11.0. The number of nitrogens with zero attached hydrogens (tertiary/aromatic N) is 1. The standard InChI is InChI=1S/C17H17NO5/c19-15(14-7-11-3-1-2-4-13(11)23-14)18-8-12-9-22-6-5-17(12,10-18)16(20)21/h1-4,7,12H,5-6,8-10H2,(H,20,21)/t12-,17+/m0/s1. The maximum atomic E-state index is 12.7. The average Bonchev–Trinajstić information content (AvgIpc) is 3.16. The second-order valence-electron chi connectivity index (χ2n) is 6.32. The monoisotopic (exact) mass is 315 g/mol. The fourth-order valence-electron chi connectivity index (χ4n) is 3.70. The summed E-state index contributed by atoms with van der Waals surface area (Å²) in [7, 11) is 0. The Morgan fingerprint density at radius 2 is 2.13 bits per heavy atom. The molecule has 1 N–H and O–H groups in total. The van der Waals surface area contributed by atoms with Crippen molar-refractivity contribution in [2.45, 2.75) is 6.42 Å². The normalized spacial score (nSPS) is 27.1. The Kier molecular flexibility index (Phi) is 3.16. The number of carbonyl (C=O) groups excluding carboxylic acids is 1. The third-order valence-electron chi connectivity index (χ3n) is 5.06. The number of aliphatic carboxylic acids is 1. The number of rotatable bonds is 2. The minimum Gasteiger partial charge on any atom is -0.481 e. The molecule has 2 saturated heterocycles. The van der Waals surface area contributed by atoms with Crippen molar-refractivity contribution in [3.05, 3.63) is 36.1 Å². The zero-order valence-corrected chi connectivity index (χ0v) is 12.5. The zero-order chi connectivity index (χ0) is 16.0. The second kappa shape index (κ2) is 5.09. The molecular weight excluding hydrogens is 298 g/mol. The minimum atomic E-state index is -0.889. The predicted molar refractivity (Wildman–Crippen MR) is 81.1 cm³/mol. The second-order valence-corrected chi connectivity index (χ2v) is 6.32. The Bertz CT molecular complexity index is 749. The first-order chi connectivity index (χ1) is 11.1. The van der Waals surface area contributed by atoms with E-state index < -0.39 is 11.4 Å². The molecule has 0 saturated carbocycles. The first-order valence-electron chi connectivity index (χ1n) is 7.69. The molecule has 2 atom stereocenters. The Morgan fingerprint density at radius 1 is 1.30 bits per heavy atom. The van der Waals surface area contributed by atoms with E-state index in [0.717, 1.165) is 5.39 Å². The van der Waals surface area contributed by atoms with Crippen molar-refractivity contribution < 1.29 is 23.8 Å². The highest BCUT2D eigenvalue weighted by Crippen LogP contribution is 2.43. The quantitative estimate of drug-likeness (QED) is 0.917. The van der Waals surface area contributed by atoms with Gasteiger partial charge in [0, 0.05) is 31.0 Å². The fourth-order valence-corrected chi connectivity index (χ4v) is 3.70. The van der Waals surface area contributed by atoms with Crippen LogP contribution in [0.5, 0.6) is 0 Å². The van der Waals surface area contributed by atoms with Gasteiger partial charge in [0.15, 0.2) is 5.76 Å². The lowest BCUT2D eigenvalue weighted by Crippen LogP contribution is -2.45. The van der Waals surface area contributed by atoms with Crippen LogP contribution >= 0.6 is 0 Å². The molecule has 23 heavy (non-hydrogen) atoms. The molecule has 3 heterocycles. The van der Waals surface area contributed by atoms with E-state index in [4.69, 9.17) is 9.15 Å². The molecule has 1 amide bonds. The van der Waals surface area contributed by atoms with Crippen molar-refractivity contribution in [2.75, 3.05) is 26.3 Å². The third-order valence-corrected chi connectivity index (χ3v) is 5.06. The molecule has 4 rings (SSSR count). The van der Waals surface area contributed by atoms with Crippen LogP contribution in [0.15, 0.2) is 34.7 Å². The van der Waals surface area contributed by atoms with Gasteiger partial charge < -0.3 is 19.2 Å². The molecule has 0 bridgehead atoms. The number of ether oxygens (including phenoxy) is 1. The number of carbonyl (C=O) groups is 2. The number of fused-ring (bicyclic) bond motifs is 2. The Hall–Kier alpha value is -2.34. The summed E-state index contributed by atoms with van der Waals surface area (Å²) in [4.78, 5) is 26.1. The largest absolute Gasteiger partial charge is 0.481 e. The van der Waals surface area contributed by atoms with Gasteiger partial charge in [0.1, 0.15) is 5.58 Å². The van der Waals surface area contributed by atoms with Crippen LogP contribution in [0.2, 0.25) is 0 Å². The molecule has 0 unspecified atom stereocenters. The molecule has 1 aromatic heterocycles. The van der Waals surface area contributed by atoms with Gasteiger partial charge in [-0.15, -0.1) is 0 Å². The van der Waals surface area contributed by atoms with Gasteiger partial charge in [-0.2, -0.15) is 0 Å². The van der Waals surface area contributed by atoms with E-state index in [-0.39, 0.29) is 24.1 Å². The minimum absolute atomic E-state index is 0.165. The topological polar surface area (TPSA) is 80.0 Å². The molecule has 2 aromatic rings. The lowest BCUT2D eigenvalue weighted by Gasteiger charge is -2.33. The number of likely N-dealkylation sites (tertiary alicyclic amines) is 1. The number of carboxylic acid groups (broad SMARTS) is 1. The number of amides is 1. The van der Waals surface area contributed by atoms with Gasteiger partial charge in [-0.05, 0) is 18.6 Å². The van der Waals surface area contributed by atoms with Crippen LogP contribution in [0.1, 0.15) is 17.0 Å². The Morgan fingerprint density at radius 3 is 2.87 bits per heavy atom.